The van der Waals surface area contributed by atoms with Crippen molar-refractivity contribution in [3.63, 3.8) is 0 Å². The van der Waals surface area contributed by atoms with Crippen LogP contribution in [0.4, 0.5) is 0 Å². The number of furan rings is 1. The van der Waals surface area contributed by atoms with Gasteiger partial charge in [-0.15, -0.1) is 0 Å². The summed E-state index contributed by atoms with van der Waals surface area (Å²) in [6, 6.07) is 57.6. The van der Waals surface area contributed by atoms with E-state index >= 15 is 0 Å². The van der Waals surface area contributed by atoms with Crippen LogP contribution in [0.2, 0.25) is 0 Å². The number of fused-ring (bicyclic) bond motifs is 9. The van der Waals surface area contributed by atoms with E-state index in [-0.39, 0.29) is 6.17 Å². The maximum Gasteiger partial charge on any atom is 0.159 e. The molecule has 49 heavy (non-hydrogen) atoms. The van der Waals surface area contributed by atoms with Crippen molar-refractivity contribution in [1.29, 1.82) is 0 Å². The van der Waals surface area contributed by atoms with Crippen LogP contribution < -0.4 is 5.32 Å². The molecule has 0 radical (unpaired) electrons. The molecular weight excluding hydrogens is 599 g/mol. The first-order valence-electron chi connectivity index (χ1n) is 16.6. The Morgan fingerprint density at radius 2 is 0.939 bits per heavy atom. The predicted octanol–water partition coefficient (Wildman–Crippen LogP) is 11.2. The molecule has 0 bridgehead atoms. The van der Waals surface area contributed by atoms with Crippen molar-refractivity contribution in [2.75, 3.05) is 0 Å². The van der Waals surface area contributed by atoms with Gasteiger partial charge in [0.15, 0.2) is 5.84 Å². The van der Waals surface area contributed by atoms with Gasteiger partial charge in [-0.2, -0.15) is 0 Å². The van der Waals surface area contributed by atoms with Gasteiger partial charge in [-0.25, -0.2) is 9.98 Å². The highest BCUT2D eigenvalue weighted by atomic mass is 16.3. The monoisotopic (exact) mass is 627 g/mol. The highest BCUT2D eigenvalue weighted by Crippen LogP contribution is 2.36. The summed E-state index contributed by atoms with van der Waals surface area (Å²) < 4.78 is 6.15. The van der Waals surface area contributed by atoms with E-state index in [4.69, 9.17) is 14.4 Å². The van der Waals surface area contributed by atoms with Gasteiger partial charge in [0, 0.05) is 21.9 Å². The summed E-state index contributed by atoms with van der Waals surface area (Å²) in [6.45, 7) is 0. The molecule has 1 unspecified atom stereocenters. The standard InChI is InChI=1S/C45H29N3O/c1-2-10-28(11-3-1)29-18-20-30(21-19-29)43-46-44(48-45(47-43)32-23-25-42-40(27-32)38-16-8-9-17-41(38)49-42)31-22-24-37-35-14-5-4-12-33(35)34-13-6-7-15-36(34)39(37)26-31/h1-27,43H,(H,46,47,48). The molecule has 0 saturated carbocycles. The first-order valence-corrected chi connectivity index (χ1v) is 16.6. The van der Waals surface area contributed by atoms with Crippen molar-refractivity contribution in [3.05, 3.63) is 180 Å². The number of rotatable bonds is 4. The van der Waals surface area contributed by atoms with Crippen LogP contribution in [0.3, 0.4) is 0 Å². The van der Waals surface area contributed by atoms with Crippen LogP contribution in [0.15, 0.2) is 178 Å². The van der Waals surface area contributed by atoms with Crippen molar-refractivity contribution in [3.8, 4) is 11.1 Å². The first-order chi connectivity index (χ1) is 24.3. The zero-order valence-corrected chi connectivity index (χ0v) is 26.5. The van der Waals surface area contributed by atoms with Gasteiger partial charge in [-0.05, 0) is 79.3 Å². The molecule has 10 rings (SSSR count). The van der Waals surface area contributed by atoms with Gasteiger partial charge < -0.3 is 9.73 Å². The van der Waals surface area contributed by atoms with E-state index in [2.05, 4.69) is 139 Å². The third-order valence-corrected chi connectivity index (χ3v) is 9.73. The lowest BCUT2D eigenvalue weighted by Crippen LogP contribution is -2.33. The van der Waals surface area contributed by atoms with Crippen molar-refractivity contribution in [1.82, 2.24) is 5.32 Å². The largest absolute Gasteiger partial charge is 0.456 e. The minimum absolute atomic E-state index is 0.326. The quantitative estimate of drug-likeness (QED) is 0.197. The first kappa shape index (κ1) is 27.6. The maximum atomic E-state index is 6.15. The summed E-state index contributed by atoms with van der Waals surface area (Å²) in [5.41, 5.74) is 7.12. The minimum Gasteiger partial charge on any atom is -0.456 e. The van der Waals surface area contributed by atoms with Crippen LogP contribution in [0.25, 0.3) is 65.4 Å². The summed E-state index contributed by atoms with van der Waals surface area (Å²) in [5.74, 6) is 1.47. The van der Waals surface area contributed by atoms with E-state index < -0.39 is 0 Å². The lowest BCUT2D eigenvalue weighted by Gasteiger charge is -2.24. The van der Waals surface area contributed by atoms with Crippen LogP contribution in [0, 0.1) is 0 Å². The summed E-state index contributed by atoms with van der Waals surface area (Å²) in [4.78, 5) is 10.5. The Bertz CT molecular complexity index is 2760. The number of benzene rings is 8. The number of hydrogen-bond donors (Lipinski definition) is 1. The van der Waals surface area contributed by atoms with Crippen LogP contribution in [0.5, 0.6) is 0 Å². The second kappa shape index (κ2) is 11.0. The lowest BCUT2D eigenvalue weighted by atomic mass is 9.93. The van der Waals surface area contributed by atoms with Crippen LogP contribution >= 0.6 is 0 Å². The molecule has 230 valence electrons. The predicted molar refractivity (Wildman–Crippen MR) is 204 cm³/mol. The summed E-state index contributed by atoms with van der Waals surface area (Å²) in [7, 11) is 0. The molecule has 0 amide bonds. The Morgan fingerprint density at radius 1 is 0.408 bits per heavy atom. The van der Waals surface area contributed by atoms with E-state index in [1.54, 1.807) is 0 Å². The maximum absolute atomic E-state index is 6.15. The Balaban J connectivity index is 1.14. The molecule has 8 aromatic carbocycles. The fourth-order valence-corrected chi connectivity index (χ4v) is 7.30. The van der Waals surface area contributed by atoms with Crippen LogP contribution in [-0.2, 0) is 0 Å². The molecule has 1 aliphatic rings. The van der Waals surface area contributed by atoms with E-state index in [0.717, 1.165) is 44.5 Å². The Labute approximate surface area is 282 Å². The number of aliphatic imine (C=N–C) groups is 2. The van der Waals surface area contributed by atoms with Gasteiger partial charge in [-0.3, -0.25) is 0 Å². The van der Waals surface area contributed by atoms with Crippen molar-refractivity contribution >= 4 is 65.9 Å². The third kappa shape index (κ3) is 4.61. The number of nitrogens with zero attached hydrogens (tertiary/aromatic N) is 2. The molecule has 1 atom stereocenters. The molecule has 2 heterocycles. The fourth-order valence-electron chi connectivity index (χ4n) is 7.30. The summed E-state index contributed by atoms with van der Waals surface area (Å²) in [5, 5.41) is 13.2. The van der Waals surface area contributed by atoms with Gasteiger partial charge in [-0.1, -0.05) is 133 Å². The molecule has 0 fully saturated rings. The minimum atomic E-state index is -0.326. The molecule has 9 aromatic rings. The molecular formula is C45H29N3O. The fraction of sp³-hybridized carbons (Fsp3) is 0.0222. The van der Waals surface area contributed by atoms with E-state index in [1.165, 1.54) is 43.4 Å². The Morgan fingerprint density at radius 3 is 1.67 bits per heavy atom. The number of amidine groups is 2. The van der Waals surface area contributed by atoms with Crippen molar-refractivity contribution in [2.24, 2.45) is 9.98 Å². The van der Waals surface area contributed by atoms with Gasteiger partial charge >= 0.3 is 0 Å². The third-order valence-electron chi connectivity index (χ3n) is 9.73. The van der Waals surface area contributed by atoms with E-state index in [9.17, 15) is 0 Å². The van der Waals surface area contributed by atoms with E-state index in [0.29, 0.717) is 5.84 Å². The van der Waals surface area contributed by atoms with Gasteiger partial charge in [0.05, 0.1) is 0 Å². The lowest BCUT2D eigenvalue weighted by molar-refractivity contribution is 0.668. The second-order valence-electron chi connectivity index (χ2n) is 12.6. The van der Waals surface area contributed by atoms with Gasteiger partial charge in [0.2, 0.25) is 0 Å². The SMILES string of the molecule is c1ccc(-c2ccc(C3N=C(c4ccc5c6ccccc6c6ccccc6c5c4)N=C(c4ccc5oc6ccccc6c5c4)N3)cc2)cc1. The van der Waals surface area contributed by atoms with Crippen LogP contribution in [0.1, 0.15) is 22.9 Å². The molecule has 0 spiro atoms. The molecule has 0 saturated heterocycles. The number of hydrogen-bond acceptors (Lipinski definition) is 4. The highest BCUT2D eigenvalue weighted by molar-refractivity contribution is 6.26. The normalized spacial score (nSPS) is 14.7. The zero-order chi connectivity index (χ0) is 32.3. The highest BCUT2D eigenvalue weighted by Gasteiger charge is 2.23. The summed E-state index contributed by atoms with van der Waals surface area (Å²) in [6.07, 6.45) is -0.326. The van der Waals surface area contributed by atoms with Crippen LogP contribution in [-0.4, -0.2) is 11.7 Å². The Hall–Kier alpha value is -6.52. The molecule has 1 aliphatic heterocycles. The van der Waals surface area contributed by atoms with Crippen molar-refractivity contribution < 1.29 is 4.42 Å². The van der Waals surface area contributed by atoms with Gasteiger partial charge in [0.1, 0.15) is 23.2 Å². The average Bonchev–Trinajstić information content (AvgIpc) is 3.56. The van der Waals surface area contributed by atoms with Gasteiger partial charge in [0.25, 0.3) is 0 Å². The molecule has 4 nitrogen and oxygen atoms in total. The molecule has 1 N–H and O–H groups in total. The van der Waals surface area contributed by atoms with Crippen molar-refractivity contribution in [2.45, 2.75) is 6.17 Å². The molecule has 0 aliphatic carbocycles. The number of para-hydroxylation sites is 1. The molecule has 1 aromatic heterocycles. The second-order valence-corrected chi connectivity index (χ2v) is 12.6. The smallest absolute Gasteiger partial charge is 0.159 e. The molecule has 4 heteroatoms. The van der Waals surface area contributed by atoms with E-state index in [1.807, 2.05) is 30.3 Å². The summed E-state index contributed by atoms with van der Waals surface area (Å²) >= 11 is 0. The average molecular weight is 628 g/mol. The number of nitrogens with one attached hydrogen (secondary N) is 1. The zero-order valence-electron chi connectivity index (χ0n) is 26.5. The Kier molecular flexibility index (Phi) is 6.21. The topological polar surface area (TPSA) is 49.9 Å².